The number of benzene rings is 2. The number of nitrogens with zero attached hydrogens (tertiary/aromatic N) is 3. The number of thioether (sulfide) groups is 1. The van der Waals surface area contributed by atoms with Gasteiger partial charge in [0.2, 0.25) is 5.16 Å². The smallest absolute Gasteiger partial charge is 0.210 e. The second-order valence-corrected chi connectivity index (χ2v) is 6.05. The maximum atomic E-state index is 13.6. The molecule has 1 heterocycles. The molecular weight excluding hydrogens is 342 g/mol. The van der Waals surface area contributed by atoms with Crippen LogP contribution >= 0.6 is 23.4 Å². The van der Waals surface area contributed by atoms with Gasteiger partial charge in [-0.1, -0.05) is 41.6 Å². The van der Waals surface area contributed by atoms with E-state index >= 15 is 0 Å². The minimum absolute atomic E-state index is 0.0233. The molecule has 23 heavy (non-hydrogen) atoms. The van der Waals surface area contributed by atoms with Crippen LogP contribution in [0.15, 0.2) is 47.6 Å². The van der Waals surface area contributed by atoms with Gasteiger partial charge in [0, 0.05) is 21.9 Å². The van der Waals surface area contributed by atoms with Crippen molar-refractivity contribution in [1.82, 2.24) is 14.9 Å². The lowest BCUT2D eigenvalue weighted by molar-refractivity contribution is 0.566. The van der Waals surface area contributed by atoms with Crippen molar-refractivity contribution in [2.45, 2.75) is 10.9 Å². The summed E-state index contributed by atoms with van der Waals surface area (Å²) < 4.78 is 28.5. The molecule has 118 valence electrons. The fraction of sp³-hybridized carbons (Fsp3) is 0.0667. The Morgan fingerprint density at radius 2 is 1.78 bits per heavy atom. The summed E-state index contributed by atoms with van der Waals surface area (Å²) in [6.45, 7) is 0. The zero-order valence-corrected chi connectivity index (χ0v) is 13.3. The quantitative estimate of drug-likeness (QED) is 0.572. The van der Waals surface area contributed by atoms with Gasteiger partial charge in [-0.15, -0.1) is 10.2 Å². The summed E-state index contributed by atoms with van der Waals surface area (Å²) >= 11 is 7.04. The molecule has 0 fully saturated rings. The van der Waals surface area contributed by atoms with Crippen LogP contribution in [0.25, 0.3) is 11.4 Å². The molecule has 0 aliphatic rings. The molecule has 1 aromatic heterocycles. The molecule has 3 aromatic rings. The molecule has 8 heteroatoms. The molecule has 0 atom stereocenters. The minimum Gasteiger partial charge on any atom is -0.335 e. The highest BCUT2D eigenvalue weighted by molar-refractivity contribution is 7.98. The molecule has 0 unspecified atom stereocenters. The third-order valence-electron chi connectivity index (χ3n) is 3.15. The SMILES string of the molecule is Nn1c(SCc2c(F)cccc2F)nnc1-c1cccc(Cl)c1. The van der Waals surface area contributed by atoms with Crippen LogP contribution in [0, 0.1) is 11.6 Å². The van der Waals surface area contributed by atoms with Gasteiger partial charge in [-0.2, -0.15) is 0 Å². The summed E-state index contributed by atoms with van der Waals surface area (Å²) in [5.41, 5.74) is 0.682. The second kappa shape index (κ2) is 6.55. The normalized spacial score (nSPS) is 10.9. The van der Waals surface area contributed by atoms with E-state index in [1.165, 1.54) is 22.9 Å². The molecule has 0 spiro atoms. The lowest BCUT2D eigenvalue weighted by Gasteiger charge is -2.05. The van der Waals surface area contributed by atoms with Crippen molar-refractivity contribution in [2.75, 3.05) is 5.84 Å². The standard InChI is InChI=1S/C15H11ClF2N4S/c16-10-4-1-3-9(7-10)14-20-21-15(22(14)19)23-8-11-12(17)5-2-6-13(11)18/h1-7H,8,19H2. The molecule has 0 saturated carbocycles. The summed E-state index contributed by atoms with van der Waals surface area (Å²) in [4.78, 5) is 0. The third-order valence-corrected chi connectivity index (χ3v) is 4.36. The predicted octanol–water partition coefficient (Wildman–Crippen LogP) is 3.88. The fourth-order valence-electron chi connectivity index (χ4n) is 2.01. The summed E-state index contributed by atoms with van der Waals surface area (Å²) in [6.07, 6.45) is 0. The van der Waals surface area contributed by atoms with Gasteiger partial charge >= 0.3 is 0 Å². The number of nitrogen functional groups attached to an aromatic ring is 1. The Morgan fingerprint density at radius 3 is 2.48 bits per heavy atom. The fourth-order valence-corrected chi connectivity index (χ4v) is 3.07. The summed E-state index contributed by atoms with van der Waals surface area (Å²) in [6, 6.07) is 10.8. The highest BCUT2D eigenvalue weighted by Gasteiger charge is 2.15. The van der Waals surface area contributed by atoms with Crippen molar-refractivity contribution >= 4 is 23.4 Å². The monoisotopic (exact) mass is 352 g/mol. The molecular formula is C15H11ClF2N4S. The van der Waals surface area contributed by atoms with Gasteiger partial charge in [0.15, 0.2) is 5.82 Å². The van der Waals surface area contributed by atoms with Crippen molar-refractivity contribution < 1.29 is 8.78 Å². The third kappa shape index (κ3) is 3.30. The van der Waals surface area contributed by atoms with E-state index in [1.807, 2.05) is 0 Å². The topological polar surface area (TPSA) is 56.7 Å². The Balaban J connectivity index is 1.83. The van der Waals surface area contributed by atoms with Gasteiger partial charge in [0.05, 0.1) is 0 Å². The maximum absolute atomic E-state index is 13.6. The van der Waals surface area contributed by atoms with Gasteiger partial charge in [0.25, 0.3) is 0 Å². The van der Waals surface area contributed by atoms with Gasteiger partial charge in [-0.25, -0.2) is 13.5 Å². The lowest BCUT2D eigenvalue weighted by atomic mass is 10.2. The van der Waals surface area contributed by atoms with Crippen LogP contribution < -0.4 is 5.84 Å². The molecule has 2 aromatic carbocycles. The lowest BCUT2D eigenvalue weighted by Crippen LogP contribution is -2.11. The van der Waals surface area contributed by atoms with Gasteiger partial charge in [0.1, 0.15) is 11.6 Å². The number of hydrogen-bond acceptors (Lipinski definition) is 4. The molecule has 3 rings (SSSR count). The zero-order chi connectivity index (χ0) is 16.4. The molecule has 0 aliphatic heterocycles. The van der Waals surface area contributed by atoms with Crippen molar-refractivity contribution in [3.05, 3.63) is 64.7 Å². The largest absolute Gasteiger partial charge is 0.335 e. The Labute approximate surface area is 140 Å². The van der Waals surface area contributed by atoms with Crippen molar-refractivity contribution in [1.29, 1.82) is 0 Å². The Bertz CT molecular complexity index is 833. The van der Waals surface area contributed by atoms with E-state index in [1.54, 1.807) is 24.3 Å². The van der Waals surface area contributed by atoms with Crippen molar-refractivity contribution in [2.24, 2.45) is 0 Å². The Morgan fingerprint density at radius 1 is 1.09 bits per heavy atom. The molecule has 0 saturated heterocycles. The Kier molecular flexibility index (Phi) is 4.49. The molecule has 2 N–H and O–H groups in total. The predicted molar refractivity (Wildman–Crippen MR) is 86.5 cm³/mol. The van der Waals surface area contributed by atoms with E-state index in [9.17, 15) is 8.78 Å². The first kappa shape index (κ1) is 15.8. The van der Waals surface area contributed by atoms with E-state index in [0.29, 0.717) is 21.6 Å². The second-order valence-electron chi connectivity index (χ2n) is 4.68. The minimum atomic E-state index is -0.601. The van der Waals surface area contributed by atoms with Crippen LogP contribution in [-0.2, 0) is 5.75 Å². The maximum Gasteiger partial charge on any atom is 0.210 e. The number of rotatable bonds is 4. The van der Waals surface area contributed by atoms with Crippen LogP contribution in [0.4, 0.5) is 8.78 Å². The molecule has 0 bridgehead atoms. The number of hydrogen-bond donors (Lipinski definition) is 1. The average Bonchev–Trinajstić information content (AvgIpc) is 2.88. The van der Waals surface area contributed by atoms with Crippen LogP contribution in [0.1, 0.15) is 5.56 Å². The van der Waals surface area contributed by atoms with E-state index in [-0.39, 0.29) is 11.3 Å². The summed E-state index contributed by atoms with van der Waals surface area (Å²) in [5, 5.41) is 8.86. The highest BCUT2D eigenvalue weighted by atomic mass is 35.5. The van der Waals surface area contributed by atoms with Gasteiger partial charge < -0.3 is 5.84 Å². The van der Waals surface area contributed by atoms with E-state index < -0.39 is 11.6 Å². The molecule has 0 radical (unpaired) electrons. The zero-order valence-electron chi connectivity index (χ0n) is 11.7. The highest BCUT2D eigenvalue weighted by Crippen LogP contribution is 2.27. The first-order valence-corrected chi connectivity index (χ1v) is 7.94. The summed E-state index contributed by atoms with van der Waals surface area (Å²) in [7, 11) is 0. The van der Waals surface area contributed by atoms with E-state index in [0.717, 1.165) is 11.8 Å². The summed E-state index contributed by atoms with van der Waals surface area (Å²) in [5.74, 6) is 5.24. The van der Waals surface area contributed by atoms with Crippen LogP contribution in [0.2, 0.25) is 5.02 Å². The first-order chi connectivity index (χ1) is 11.1. The van der Waals surface area contributed by atoms with Crippen LogP contribution in [0.3, 0.4) is 0 Å². The Hall–Kier alpha value is -2.12. The number of halogens is 3. The van der Waals surface area contributed by atoms with E-state index in [2.05, 4.69) is 10.2 Å². The van der Waals surface area contributed by atoms with Crippen LogP contribution in [0.5, 0.6) is 0 Å². The van der Waals surface area contributed by atoms with Gasteiger partial charge in [-0.05, 0) is 24.3 Å². The van der Waals surface area contributed by atoms with E-state index in [4.69, 9.17) is 17.4 Å². The average molecular weight is 353 g/mol. The van der Waals surface area contributed by atoms with Crippen molar-refractivity contribution in [3.8, 4) is 11.4 Å². The molecule has 0 amide bonds. The van der Waals surface area contributed by atoms with Crippen LogP contribution in [-0.4, -0.2) is 14.9 Å². The first-order valence-electron chi connectivity index (χ1n) is 6.58. The number of nitrogens with two attached hydrogens (primary N) is 1. The number of aromatic nitrogens is 3. The molecule has 0 aliphatic carbocycles. The molecule has 4 nitrogen and oxygen atoms in total. The van der Waals surface area contributed by atoms with Crippen molar-refractivity contribution in [3.63, 3.8) is 0 Å². The van der Waals surface area contributed by atoms with Gasteiger partial charge in [-0.3, -0.25) is 0 Å².